The van der Waals surface area contributed by atoms with E-state index >= 15 is 0 Å². The van der Waals surface area contributed by atoms with Crippen molar-refractivity contribution in [1.82, 2.24) is 5.32 Å². The number of carbonyl (C=O) groups is 3. The summed E-state index contributed by atoms with van der Waals surface area (Å²) in [5.41, 5.74) is 2.43. The molecule has 2 amide bonds. The molecule has 0 saturated carbocycles. The number of amides is 2. The number of morpholine rings is 1. The summed E-state index contributed by atoms with van der Waals surface area (Å²) in [7, 11) is 0. The lowest BCUT2D eigenvalue weighted by Crippen LogP contribution is -3.12. The minimum atomic E-state index is -0.559. The van der Waals surface area contributed by atoms with Gasteiger partial charge in [0.1, 0.15) is 19.6 Å². The zero-order chi connectivity index (χ0) is 22.1. The van der Waals surface area contributed by atoms with E-state index in [1.807, 2.05) is 19.1 Å². The first-order valence-corrected chi connectivity index (χ1v) is 10.4. The highest BCUT2D eigenvalue weighted by Crippen LogP contribution is 2.11. The Morgan fingerprint density at radius 1 is 1.03 bits per heavy atom. The summed E-state index contributed by atoms with van der Waals surface area (Å²) < 4.78 is 10.5. The Morgan fingerprint density at radius 2 is 1.77 bits per heavy atom. The van der Waals surface area contributed by atoms with Gasteiger partial charge in [-0.25, -0.2) is 4.79 Å². The quantitative estimate of drug-likeness (QED) is 0.539. The highest BCUT2D eigenvalue weighted by molar-refractivity contribution is 5.98. The molecule has 1 aliphatic rings. The van der Waals surface area contributed by atoms with Crippen LogP contribution in [0.25, 0.3) is 0 Å². The molecule has 2 aromatic carbocycles. The van der Waals surface area contributed by atoms with Crippen molar-refractivity contribution in [2.24, 2.45) is 0 Å². The molecule has 31 heavy (non-hydrogen) atoms. The monoisotopic (exact) mass is 426 g/mol. The van der Waals surface area contributed by atoms with Crippen LogP contribution in [0.1, 0.15) is 33.2 Å². The van der Waals surface area contributed by atoms with E-state index < -0.39 is 18.5 Å². The number of quaternary nitrogens is 1. The van der Waals surface area contributed by atoms with Gasteiger partial charge < -0.3 is 25.0 Å². The smallest absolute Gasteiger partial charge is 0.338 e. The van der Waals surface area contributed by atoms with Gasteiger partial charge >= 0.3 is 5.97 Å². The van der Waals surface area contributed by atoms with E-state index in [2.05, 4.69) is 10.6 Å². The second-order valence-corrected chi connectivity index (χ2v) is 7.30. The number of anilines is 1. The van der Waals surface area contributed by atoms with Crippen molar-refractivity contribution in [2.45, 2.75) is 13.5 Å². The Balaban J connectivity index is 1.47. The molecule has 1 heterocycles. The number of rotatable bonds is 8. The fourth-order valence-electron chi connectivity index (χ4n) is 3.30. The molecule has 1 saturated heterocycles. The van der Waals surface area contributed by atoms with E-state index in [9.17, 15) is 14.4 Å². The van der Waals surface area contributed by atoms with E-state index in [0.717, 1.165) is 38.4 Å². The molecule has 0 aliphatic carbocycles. The molecule has 0 atom stereocenters. The van der Waals surface area contributed by atoms with Gasteiger partial charge in [-0.05, 0) is 37.3 Å². The average molecular weight is 426 g/mol. The van der Waals surface area contributed by atoms with Crippen molar-refractivity contribution >= 4 is 23.5 Å². The van der Waals surface area contributed by atoms with Crippen molar-refractivity contribution in [3.8, 4) is 0 Å². The number of hydrogen-bond donors (Lipinski definition) is 3. The second kappa shape index (κ2) is 11.2. The highest BCUT2D eigenvalue weighted by atomic mass is 16.5. The first kappa shape index (κ1) is 22.5. The van der Waals surface area contributed by atoms with E-state index in [0.29, 0.717) is 23.4 Å². The third-order valence-corrected chi connectivity index (χ3v) is 4.92. The van der Waals surface area contributed by atoms with Crippen LogP contribution < -0.4 is 15.5 Å². The number of carbonyl (C=O) groups excluding carboxylic acids is 3. The molecular weight excluding hydrogens is 398 g/mol. The van der Waals surface area contributed by atoms with Crippen LogP contribution in [0.15, 0.2) is 48.5 Å². The summed E-state index contributed by atoms with van der Waals surface area (Å²) >= 11 is 0. The number of benzene rings is 2. The fraction of sp³-hybridized carbons (Fsp3) is 0.348. The van der Waals surface area contributed by atoms with Crippen molar-refractivity contribution in [3.05, 3.63) is 65.2 Å². The van der Waals surface area contributed by atoms with E-state index in [-0.39, 0.29) is 5.91 Å². The first-order valence-electron chi connectivity index (χ1n) is 10.4. The highest BCUT2D eigenvalue weighted by Gasteiger charge is 2.15. The first-order chi connectivity index (χ1) is 15.0. The lowest BCUT2D eigenvalue weighted by Gasteiger charge is -2.23. The molecule has 8 nitrogen and oxygen atoms in total. The normalized spacial score (nSPS) is 14.0. The molecule has 0 bridgehead atoms. The molecule has 8 heteroatoms. The van der Waals surface area contributed by atoms with Gasteiger partial charge in [-0.15, -0.1) is 0 Å². The maximum absolute atomic E-state index is 12.2. The Morgan fingerprint density at radius 3 is 2.48 bits per heavy atom. The van der Waals surface area contributed by atoms with Crippen LogP contribution >= 0.6 is 0 Å². The van der Waals surface area contributed by atoms with Gasteiger partial charge in [0.2, 0.25) is 0 Å². The fourth-order valence-corrected chi connectivity index (χ4v) is 3.30. The molecule has 0 unspecified atom stereocenters. The number of hydrogen-bond acceptors (Lipinski definition) is 5. The van der Waals surface area contributed by atoms with Gasteiger partial charge in [-0.2, -0.15) is 0 Å². The molecule has 164 valence electrons. The molecular formula is C23H28N3O5+. The molecule has 1 fully saturated rings. The van der Waals surface area contributed by atoms with E-state index in [1.165, 1.54) is 4.90 Å². The van der Waals surface area contributed by atoms with Crippen molar-refractivity contribution in [3.63, 3.8) is 0 Å². The van der Waals surface area contributed by atoms with Crippen LogP contribution in [0.2, 0.25) is 0 Å². The summed E-state index contributed by atoms with van der Waals surface area (Å²) in [5.74, 6) is -1.26. The van der Waals surface area contributed by atoms with Gasteiger partial charge in [0.05, 0.1) is 18.8 Å². The topological polar surface area (TPSA) is 98.2 Å². The predicted molar refractivity (Wildman–Crippen MR) is 115 cm³/mol. The Hall–Kier alpha value is -3.23. The Labute approximate surface area is 181 Å². The Bertz CT molecular complexity index is 908. The predicted octanol–water partition coefficient (Wildman–Crippen LogP) is 0.647. The summed E-state index contributed by atoms with van der Waals surface area (Å²) in [5, 5.41) is 5.33. The standard InChI is InChI=1S/C23H27N3O5/c1-2-24-22(28)19-4-3-5-20(14-19)25-21(27)16-31-23(29)18-8-6-17(7-9-18)15-26-10-12-30-13-11-26/h3-9,14H,2,10-13,15-16H2,1H3,(H,24,28)(H,25,27)/p+1. The lowest BCUT2D eigenvalue weighted by molar-refractivity contribution is -0.921. The van der Waals surface area contributed by atoms with Gasteiger partial charge in [-0.1, -0.05) is 18.2 Å². The summed E-state index contributed by atoms with van der Waals surface area (Å²) in [6.07, 6.45) is 0. The minimum Gasteiger partial charge on any atom is -0.452 e. The largest absolute Gasteiger partial charge is 0.452 e. The van der Waals surface area contributed by atoms with Crippen LogP contribution in [0.3, 0.4) is 0 Å². The van der Waals surface area contributed by atoms with Crippen LogP contribution in [-0.2, 0) is 20.8 Å². The minimum absolute atomic E-state index is 0.219. The summed E-state index contributed by atoms with van der Waals surface area (Å²) in [6.45, 7) is 6.32. The maximum Gasteiger partial charge on any atom is 0.338 e. The second-order valence-electron chi connectivity index (χ2n) is 7.30. The maximum atomic E-state index is 12.2. The van der Waals surface area contributed by atoms with E-state index in [1.54, 1.807) is 36.4 Å². The zero-order valence-corrected chi connectivity index (χ0v) is 17.6. The number of nitrogens with one attached hydrogen (secondary N) is 3. The summed E-state index contributed by atoms with van der Waals surface area (Å²) in [4.78, 5) is 37.7. The van der Waals surface area contributed by atoms with Crippen molar-refractivity contribution in [1.29, 1.82) is 0 Å². The van der Waals surface area contributed by atoms with Gasteiger partial charge in [0, 0.05) is 23.4 Å². The van der Waals surface area contributed by atoms with Crippen molar-refractivity contribution < 1.29 is 28.8 Å². The molecule has 0 spiro atoms. The van der Waals surface area contributed by atoms with Gasteiger partial charge in [0.15, 0.2) is 6.61 Å². The van der Waals surface area contributed by atoms with Crippen LogP contribution in [0.5, 0.6) is 0 Å². The lowest BCUT2D eigenvalue weighted by atomic mass is 10.1. The molecule has 3 N–H and O–H groups in total. The molecule has 0 radical (unpaired) electrons. The van der Waals surface area contributed by atoms with Crippen molar-refractivity contribution in [2.75, 3.05) is 44.8 Å². The third kappa shape index (κ3) is 6.91. The average Bonchev–Trinajstić information content (AvgIpc) is 2.79. The molecule has 3 rings (SSSR count). The molecule has 1 aliphatic heterocycles. The Kier molecular flexibility index (Phi) is 8.14. The zero-order valence-electron chi connectivity index (χ0n) is 17.6. The molecule has 2 aromatic rings. The van der Waals surface area contributed by atoms with Crippen LogP contribution in [0.4, 0.5) is 5.69 Å². The van der Waals surface area contributed by atoms with E-state index in [4.69, 9.17) is 9.47 Å². The van der Waals surface area contributed by atoms with Crippen LogP contribution in [0, 0.1) is 0 Å². The number of esters is 1. The summed E-state index contributed by atoms with van der Waals surface area (Å²) in [6, 6.07) is 13.8. The SMILES string of the molecule is CCNC(=O)c1cccc(NC(=O)COC(=O)c2ccc(C[NH+]3CCOCC3)cc2)c1. The molecule has 0 aromatic heterocycles. The van der Waals surface area contributed by atoms with Gasteiger partial charge in [0.25, 0.3) is 11.8 Å². The van der Waals surface area contributed by atoms with Gasteiger partial charge in [-0.3, -0.25) is 9.59 Å². The van der Waals surface area contributed by atoms with Crippen LogP contribution in [-0.4, -0.2) is 57.2 Å². The third-order valence-electron chi connectivity index (χ3n) is 4.92. The number of ether oxygens (including phenoxy) is 2.